The minimum Gasteiger partial charge on any atom is -0.495 e. The molecular formula is C15H18N2O. The summed E-state index contributed by atoms with van der Waals surface area (Å²) in [6.45, 7) is 0.849. The molecule has 18 heavy (non-hydrogen) atoms. The van der Waals surface area contributed by atoms with Gasteiger partial charge in [-0.1, -0.05) is 36.4 Å². The van der Waals surface area contributed by atoms with Gasteiger partial charge in [0.05, 0.1) is 18.5 Å². The van der Waals surface area contributed by atoms with Gasteiger partial charge >= 0.3 is 0 Å². The predicted octanol–water partition coefficient (Wildman–Crippen LogP) is 2.93. The van der Waals surface area contributed by atoms with Crippen molar-refractivity contribution in [3.8, 4) is 5.75 Å². The number of ether oxygens (including phenoxy) is 1. The third kappa shape index (κ3) is 2.94. The van der Waals surface area contributed by atoms with Gasteiger partial charge in [-0.3, -0.25) is 0 Å². The summed E-state index contributed by atoms with van der Waals surface area (Å²) in [4.78, 5) is 0. The standard InChI is InChI=1S/C15H18N2O/c1-18-14-9-5-8-13(15(14)16)17-11-10-12-6-3-2-4-7-12/h2-9,17H,10-11,16H2,1H3. The molecule has 0 spiro atoms. The zero-order chi connectivity index (χ0) is 12.8. The maximum Gasteiger partial charge on any atom is 0.143 e. The average molecular weight is 242 g/mol. The number of nitrogen functional groups attached to an aromatic ring is 1. The molecule has 0 unspecified atom stereocenters. The Morgan fingerprint density at radius 1 is 1.06 bits per heavy atom. The van der Waals surface area contributed by atoms with Gasteiger partial charge in [0.15, 0.2) is 0 Å². The smallest absolute Gasteiger partial charge is 0.143 e. The number of hydrogen-bond acceptors (Lipinski definition) is 3. The molecular weight excluding hydrogens is 224 g/mol. The van der Waals surface area contributed by atoms with Crippen LogP contribution in [0.25, 0.3) is 0 Å². The van der Waals surface area contributed by atoms with Crippen LogP contribution in [-0.2, 0) is 6.42 Å². The molecule has 0 fully saturated rings. The summed E-state index contributed by atoms with van der Waals surface area (Å²) in [5.74, 6) is 0.708. The Bertz CT molecular complexity index is 497. The van der Waals surface area contributed by atoms with Crippen molar-refractivity contribution in [2.24, 2.45) is 0 Å². The van der Waals surface area contributed by atoms with Crippen molar-refractivity contribution in [1.29, 1.82) is 0 Å². The van der Waals surface area contributed by atoms with Crippen LogP contribution in [-0.4, -0.2) is 13.7 Å². The molecule has 94 valence electrons. The normalized spacial score (nSPS) is 10.1. The third-order valence-electron chi connectivity index (χ3n) is 2.86. The molecule has 0 aliphatic heterocycles. The van der Waals surface area contributed by atoms with Gasteiger partial charge < -0.3 is 15.8 Å². The fraction of sp³-hybridized carbons (Fsp3) is 0.200. The highest BCUT2D eigenvalue weighted by Gasteiger charge is 2.03. The highest BCUT2D eigenvalue weighted by Crippen LogP contribution is 2.28. The van der Waals surface area contributed by atoms with Crippen molar-refractivity contribution in [3.63, 3.8) is 0 Å². The minimum absolute atomic E-state index is 0.660. The van der Waals surface area contributed by atoms with Crippen LogP contribution in [0.3, 0.4) is 0 Å². The Hall–Kier alpha value is -2.16. The van der Waals surface area contributed by atoms with Gasteiger partial charge in [0, 0.05) is 6.54 Å². The molecule has 3 N–H and O–H groups in total. The lowest BCUT2D eigenvalue weighted by atomic mass is 10.1. The molecule has 3 nitrogen and oxygen atoms in total. The van der Waals surface area contributed by atoms with Crippen LogP contribution in [0.2, 0.25) is 0 Å². The van der Waals surface area contributed by atoms with E-state index >= 15 is 0 Å². The molecule has 0 aromatic heterocycles. The first-order chi connectivity index (χ1) is 8.81. The molecule has 0 aliphatic rings. The summed E-state index contributed by atoms with van der Waals surface area (Å²) in [6.07, 6.45) is 0.970. The molecule has 0 heterocycles. The molecule has 0 radical (unpaired) electrons. The maximum atomic E-state index is 5.99. The SMILES string of the molecule is COc1cccc(NCCc2ccccc2)c1N. The topological polar surface area (TPSA) is 47.3 Å². The molecule has 0 aliphatic carbocycles. The first-order valence-electron chi connectivity index (χ1n) is 6.01. The molecule has 0 saturated carbocycles. The quantitative estimate of drug-likeness (QED) is 0.792. The van der Waals surface area contributed by atoms with Crippen LogP contribution < -0.4 is 15.8 Å². The van der Waals surface area contributed by atoms with E-state index in [4.69, 9.17) is 10.5 Å². The Morgan fingerprint density at radius 2 is 1.83 bits per heavy atom. The Kier molecular flexibility index (Phi) is 4.07. The van der Waals surface area contributed by atoms with Crippen molar-refractivity contribution in [1.82, 2.24) is 0 Å². The largest absolute Gasteiger partial charge is 0.495 e. The molecule has 2 aromatic rings. The number of anilines is 2. The Labute approximate surface area is 108 Å². The molecule has 2 aromatic carbocycles. The summed E-state index contributed by atoms with van der Waals surface area (Å²) in [7, 11) is 1.62. The molecule has 0 bridgehead atoms. The predicted molar refractivity (Wildman–Crippen MR) is 76.0 cm³/mol. The van der Waals surface area contributed by atoms with Crippen LogP contribution in [0.4, 0.5) is 11.4 Å². The number of methoxy groups -OCH3 is 1. The average Bonchev–Trinajstić information content (AvgIpc) is 2.42. The number of rotatable bonds is 5. The number of hydrogen-bond donors (Lipinski definition) is 2. The van der Waals surface area contributed by atoms with Crippen LogP contribution in [0, 0.1) is 0 Å². The second kappa shape index (κ2) is 5.96. The second-order valence-corrected chi connectivity index (χ2v) is 4.08. The lowest BCUT2D eigenvalue weighted by Crippen LogP contribution is -2.07. The fourth-order valence-corrected chi connectivity index (χ4v) is 1.86. The van der Waals surface area contributed by atoms with E-state index in [0.717, 1.165) is 18.7 Å². The van der Waals surface area contributed by atoms with E-state index in [1.807, 2.05) is 24.3 Å². The van der Waals surface area contributed by atoms with E-state index in [0.29, 0.717) is 11.4 Å². The number of benzene rings is 2. The van der Waals surface area contributed by atoms with Gasteiger partial charge in [0.2, 0.25) is 0 Å². The summed E-state index contributed by atoms with van der Waals surface area (Å²) >= 11 is 0. The summed E-state index contributed by atoms with van der Waals surface area (Å²) in [5.41, 5.74) is 8.88. The van der Waals surface area contributed by atoms with E-state index in [1.54, 1.807) is 7.11 Å². The van der Waals surface area contributed by atoms with E-state index < -0.39 is 0 Å². The highest BCUT2D eigenvalue weighted by molar-refractivity contribution is 5.72. The van der Waals surface area contributed by atoms with E-state index in [1.165, 1.54) is 5.56 Å². The Balaban J connectivity index is 1.95. The van der Waals surface area contributed by atoms with Gasteiger partial charge in [0.1, 0.15) is 5.75 Å². The number of nitrogens with two attached hydrogens (primary N) is 1. The highest BCUT2D eigenvalue weighted by atomic mass is 16.5. The van der Waals surface area contributed by atoms with Gasteiger partial charge in [-0.05, 0) is 24.1 Å². The van der Waals surface area contributed by atoms with Crippen LogP contribution in [0.5, 0.6) is 5.75 Å². The first-order valence-corrected chi connectivity index (χ1v) is 6.01. The molecule has 0 amide bonds. The van der Waals surface area contributed by atoms with E-state index in [-0.39, 0.29) is 0 Å². The van der Waals surface area contributed by atoms with E-state index in [9.17, 15) is 0 Å². The molecule has 3 heteroatoms. The van der Waals surface area contributed by atoms with E-state index in [2.05, 4.69) is 29.6 Å². The van der Waals surface area contributed by atoms with Crippen LogP contribution in [0.1, 0.15) is 5.56 Å². The monoisotopic (exact) mass is 242 g/mol. The van der Waals surface area contributed by atoms with Crippen molar-refractivity contribution in [3.05, 3.63) is 54.1 Å². The zero-order valence-corrected chi connectivity index (χ0v) is 10.5. The van der Waals surface area contributed by atoms with Crippen molar-refractivity contribution < 1.29 is 4.74 Å². The zero-order valence-electron chi connectivity index (χ0n) is 10.5. The summed E-state index contributed by atoms with van der Waals surface area (Å²) in [6, 6.07) is 16.1. The van der Waals surface area contributed by atoms with Gasteiger partial charge in [-0.25, -0.2) is 0 Å². The summed E-state index contributed by atoms with van der Waals surface area (Å²) in [5, 5.41) is 3.33. The molecule has 2 rings (SSSR count). The third-order valence-corrected chi connectivity index (χ3v) is 2.86. The van der Waals surface area contributed by atoms with Crippen LogP contribution in [0.15, 0.2) is 48.5 Å². The van der Waals surface area contributed by atoms with Crippen LogP contribution >= 0.6 is 0 Å². The number of para-hydroxylation sites is 1. The second-order valence-electron chi connectivity index (χ2n) is 4.08. The lowest BCUT2D eigenvalue weighted by molar-refractivity contribution is 0.417. The molecule has 0 saturated heterocycles. The fourth-order valence-electron chi connectivity index (χ4n) is 1.86. The lowest BCUT2D eigenvalue weighted by Gasteiger charge is -2.12. The minimum atomic E-state index is 0.660. The Morgan fingerprint density at radius 3 is 2.56 bits per heavy atom. The van der Waals surface area contributed by atoms with Gasteiger partial charge in [0.25, 0.3) is 0 Å². The number of nitrogens with one attached hydrogen (secondary N) is 1. The maximum absolute atomic E-state index is 5.99. The summed E-state index contributed by atoms with van der Waals surface area (Å²) < 4.78 is 5.19. The van der Waals surface area contributed by atoms with Crippen molar-refractivity contribution in [2.75, 3.05) is 24.7 Å². The molecule has 0 atom stereocenters. The van der Waals surface area contributed by atoms with Crippen molar-refractivity contribution >= 4 is 11.4 Å². The van der Waals surface area contributed by atoms with Gasteiger partial charge in [-0.2, -0.15) is 0 Å². The van der Waals surface area contributed by atoms with Crippen molar-refractivity contribution in [2.45, 2.75) is 6.42 Å². The first kappa shape index (κ1) is 12.3. The van der Waals surface area contributed by atoms with Gasteiger partial charge in [-0.15, -0.1) is 0 Å².